The Morgan fingerprint density at radius 2 is 2.14 bits per heavy atom. The number of hydrogen-bond donors (Lipinski definition) is 1. The second kappa shape index (κ2) is 4.98. The fourth-order valence-corrected chi connectivity index (χ4v) is 1.45. The van der Waals surface area contributed by atoms with Crippen molar-refractivity contribution in [3.8, 4) is 5.75 Å². The van der Waals surface area contributed by atoms with Crippen molar-refractivity contribution >= 4 is 0 Å². The minimum Gasteiger partial charge on any atom is -0.487 e. The van der Waals surface area contributed by atoms with E-state index >= 15 is 0 Å². The maximum atomic E-state index is 5.75. The second-order valence-corrected chi connectivity index (χ2v) is 3.33. The van der Waals surface area contributed by atoms with Gasteiger partial charge in [0.2, 0.25) is 0 Å². The van der Waals surface area contributed by atoms with E-state index in [-0.39, 0.29) is 6.10 Å². The van der Waals surface area contributed by atoms with E-state index in [2.05, 4.69) is 5.32 Å². The van der Waals surface area contributed by atoms with E-state index in [0.717, 1.165) is 25.4 Å². The van der Waals surface area contributed by atoms with Crippen LogP contribution in [0.15, 0.2) is 30.3 Å². The molecule has 1 fully saturated rings. The first kappa shape index (κ1) is 9.49. The summed E-state index contributed by atoms with van der Waals surface area (Å²) >= 11 is 0. The molecule has 3 heteroatoms. The van der Waals surface area contributed by atoms with Crippen LogP contribution in [0.5, 0.6) is 5.75 Å². The quantitative estimate of drug-likeness (QED) is 0.761. The monoisotopic (exact) mass is 193 g/mol. The minimum atomic E-state index is 0.125. The number of benzene rings is 1. The van der Waals surface area contributed by atoms with Gasteiger partial charge in [-0.25, -0.2) is 0 Å². The van der Waals surface area contributed by atoms with E-state index in [1.165, 1.54) is 0 Å². The molecule has 2 rings (SSSR count). The summed E-state index contributed by atoms with van der Waals surface area (Å²) in [7, 11) is 0. The summed E-state index contributed by atoms with van der Waals surface area (Å²) in [5.41, 5.74) is 0. The van der Waals surface area contributed by atoms with Crippen LogP contribution in [0.3, 0.4) is 0 Å². The highest BCUT2D eigenvalue weighted by Gasteiger charge is 2.12. The number of hydrogen-bond acceptors (Lipinski definition) is 3. The van der Waals surface area contributed by atoms with Gasteiger partial charge in [0.05, 0.1) is 13.2 Å². The molecule has 1 aliphatic heterocycles. The molecule has 3 nitrogen and oxygen atoms in total. The molecule has 0 amide bonds. The molecule has 0 unspecified atom stereocenters. The Hall–Kier alpha value is -1.06. The van der Waals surface area contributed by atoms with Gasteiger partial charge in [-0.2, -0.15) is 0 Å². The lowest BCUT2D eigenvalue weighted by Gasteiger charge is -2.16. The topological polar surface area (TPSA) is 30.5 Å². The molecular formula is C11H15NO2. The summed E-state index contributed by atoms with van der Waals surface area (Å²) in [5, 5.41) is 3.27. The fraction of sp³-hybridized carbons (Fsp3) is 0.455. The number of para-hydroxylation sites is 1. The van der Waals surface area contributed by atoms with Gasteiger partial charge in [0.15, 0.2) is 0 Å². The van der Waals surface area contributed by atoms with Crippen molar-refractivity contribution in [1.29, 1.82) is 0 Å². The molecule has 76 valence electrons. The Morgan fingerprint density at radius 3 is 3.00 bits per heavy atom. The molecule has 1 saturated heterocycles. The molecule has 0 spiro atoms. The predicted molar refractivity (Wildman–Crippen MR) is 54.5 cm³/mol. The lowest BCUT2D eigenvalue weighted by Crippen LogP contribution is -2.31. The normalized spacial score (nSPS) is 22.7. The van der Waals surface area contributed by atoms with E-state index in [0.29, 0.717) is 6.61 Å². The van der Waals surface area contributed by atoms with Crippen LogP contribution < -0.4 is 10.1 Å². The Labute approximate surface area is 84.0 Å². The van der Waals surface area contributed by atoms with Crippen LogP contribution in [0, 0.1) is 0 Å². The van der Waals surface area contributed by atoms with Gasteiger partial charge in [-0.1, -0.05) is 18.2 Å². The molecule has 1 aliphatic rings. The largest absolute Gasteiger partial charge is 0.487 e. The molecule has 0 bridgehead atoms. The molecule has 0 aromatic heterocycles. The van der Waals surface area contributed by atoms with E-state index < -0.39 is 0 Å². The highest BCUT2D eigenvalue weighted by atomic mass is 16.5. The third-order valence-electron chi connectivity index (χ3n) is 2.14. The molecule has 0 radical (unpaired) electrons. The highest BCUT2D eigenvalue weighted by molar-refractivity contribution is 5.21. The number of ether oxygens (including phenoxy) is 2. The lowest BCUT2D eigenvalue weighted by molar-refractivity contribution is 0.0729. The molecule has 0 aliphatic carbocycles. The smallest absolute Gasteiger partial charge is 0.134 e. The summed E-state index contributed by atoms with van der Waals surface area (Å²) in [6.07, 6.45) is 0.125. The Kier molecular flexibility index (Phi) is 3.38. The first-order chi connectivity index (χ1) is 6.95. The maximum Gasteiger partial charge on any atom is 0.134 e. The maximum absolute atomic E-state index is 5.75. The first-order valence-electron chi connectivity index (χ1n) is 4.95. The van der Waals surface area contributed by atoms with Crippen LogP contribution in [0.4, 0.5) is 0 Å². The predicted octanol–water partition coefficient (Wildman–Crippen LogP) is 1.05. The van der Waals surface area contributed by atoms with Crippen molar-refractivity contribution in [2.24, 2.45) is 0 Å². The molecule has 1 atom stereocenters. The van der Waals surface area contributed by atoms with Gasteiger partial charge in [-0.3, -0.25) is 0 Å². The van der Waals surface area contributed by atoms with E-state index in [1.54, 1.807) is 0 Å². The molecular weight excluding hydrogens is 178 g/mol. The summed E-state index contributed by atoms with van der Waals surface area (Å²) < 4.78 is 11.1. The van der Waals surface area contributed by atoms with E-state index in [1.807, 2.05) is 30.3 Å². The molecule has 1 aromatic carbocycles. The summed E-state index contributed by atoms with van der Waals surface area (Å²) in [4.78, 5) is 0. The Morgan fingerprint density at radius 1 is 1.29 bits per heavy atom. The van der Waals surface area contributed by atoms with Gasteiger partial charge in [0.1, 0.15) is 11.9 Å². The number of rotatable bonds is 2. The molecule has 1 heterocycles. The molecule has 14 heavy (non-hydrogen) atoms. The minimum absolute atomic E-state index is 0.125. The third kappa shape index (κ3) is 2.72. The van der Waals surface area contributed by atoms with Crippen LogP contribution in [-0.2, 0) is 4.74 Å². The van der Waals surface area contributed by atoms with Crippen LogP contribution in [0.1, 0.15) is 0 Å². The van der Waals surface area contributed by atoms with Crippen molar-refractivity contribution in [3.63, 3.8) is 0 Å². The average molecular weight is 193 g/mol. The van der Waals surface area contributed by atoms with Crippen molar-refractivity contribution in [2.45, 2.75) is 6.10 Å². The van der Waals surface area contributed by atoms with E-state index in [4.69, 9.17) is 9.47 Å². The van der Waals surface area contributed by atoms with Gasteiger partial charge in [0, 0.05) is 13.1 Å². The Balaban J connectivity index is 1.90. The van der Waals surface area contributed by atoms with E-state index in [9.17, 15) is 0 Å². The van der Waals surface area contributed by atoms with Crippen molar-refractivity contribution in [2.75, 3.05) is 26.3 Å². The summed E-state index contributed by atoms with van der Waals surface area (Å²) in [6.45, 7) is 3.21. The van der Waals surface area contributed by atoms with Gasteiger partial charge in [-0.05, 0) is 12.1 Å². The molecule has 1 aromatic rings. The number of nitrogens with one attached hydrogen (secondary N) is 1. The zero-order valence-electron chi connectivity index (χ0n) is 8.11. The van der Waals surface area contributed by atoms with Crippen molar-refractivity contribution in [1.82, 2.24) is 5.32 Å². The van der Waals surface area contributed by atoms with Crippen LogP contribution in [0.2, 0.25) is 0 Å². The summed E-state index contributed by atoms with van der Waals surface area (Å²) in [6, 6.07) is 9.85. The van der Waals surface area contributed by atoms with Crippen LogP contribution in [0.25, 0.3) is 0 Å². The molecule has 1 N–H and O–H groups in total. The van der Waals surface area contributed by atoms with Crippen LogP contribution in [-0.4, -0.2) is 32.4 Å². The SMILES string of the molecule is c1ccc(O[C@H]2CNCCOC2)cc1. The summed E-state index contributed by atoms with van der Waals surface area (Å²) in [5.74, 6) is 0.907. The first-order valence-corrected chi connectivity index (χ1v) is 4.95. The van der Waals surface area contributed by atoms with Gasteiger partial charge >= 0.3 is 0 Å². The average Bonchev–Trinajstić information content (AvgIpc) is 2.48. The Bertz CT molecular complexity index is 255. The second-order valence-electron chi connectivity index (χ2n) is 3.33. The van der Waals surface area contributed by atoms with Crippen molar-refractivity contribution < 1.29 is 9.47 Å². The fourth-order valence-electron chi connectivity index (χ4n) is 1.45. The lowest BCUT2D eigenvalue weighted by atomic mass is 10.3. The van der Waals surface area contributed by atoms with Gasteiger partial charge < -0.3 is 14.8 Å². The third-order valence-corrected chi connectivity index (χ3v) is 2.14. The van der Waals surface area contributed by atoms with Crippen molar-refractivity contribution in [3.05, 3.63) is 30.3 Å². The standard InChI is InChI=1S/C11H15NO2/c1-2-4-10(5-3-1)14-11-8-12-6-7-13-9-11/h1-5,11-12H,6-9H2/t11-/m0/s1. The van der Waals surface area contributed by atoms with Gasteiger partial charge in [-0.15, -0.1) is 0 Å². The van der Waals surface area contributed by atoms with Gasteiger partial charge in [0.25, 0.3) is 0 Å². The van der Waals surface area contributed by atoms with Crippen LogP contribution >= 0.6 is 0 Å². The molecule has 0 saturated carbocycles. The highest BCUT2D eigenvalue weighted by Crippen LogP contribution is 2.11. The zero-order chi connectivity index (χ0) is 9.64. The zero-order valence-corrected chi connectivity index (χ0v) is 8.11.